The van der Waals surface area contributed by atoms with Crippen molar-refractivity contribution in [2.24, 2.45) is 0 Å². The maximum atomic E-state index is 13.9. The average Bonchev–Trinajstić information content (AvgIpc) is 2.80. The molecule has 100 valence electrons. The van der Waals surface area contributed by atoms with Gasteiger partial charge in [0.05, 0.1) is 0 Å². The molecule has 1 aliphatic heterocycles. The Morgan fingerprint density at radius 3 is 2.33 bits per heavy atom. The van der Waals surface area contributed by atoms with Crippen molar-refractivity contribution in [3.05, 3.63) is 0 Å². The summed E-state index contributed by atoms with van der Waals surface area (Å²) in [7, 11) is 0. The molecule has 18 heavy (non-hydrogen) atoms. The van der Waals surface area contributed by atoms with Crippen molar-refractivity contribution in [2.45, 2.75) is 38.7 Å². The molecule has 0 aromatic carbocycles. The second-order valence-corrected chi connectivity index (χ2v) is 4.01. The highest BCUT2D eigenvalue weighted by Crippen LogP contribution is 2.26. The molecule has 1 unspecified atom stereocenters. The molecule has 1 fully saturated rings. The molecule has 0 N–H and O–H groups in total. The number of rotatable bonds is 3. The third-order valence-corrected chi connectivity index (χ3v) is 2.57. The van der Waals surface area contributed by atoms with Gasteiger partial charge < -0.3 is 9.64 Å². The van der Waals surface area contributed by atoms with Crippen LogP contribution in [0.5, 0.6) is 0 Å². The Labute approximate surface area is 104 Å². The average molecular weight is 259 g/mol. The van der Waals surface area contributed by atoms with Gasteiger partial charge in [0.15, 0.2) is 0 Å². The minimum atomic E-state index is -3.81. The summed E-state index contributed by atoms with van der Waals surface area (Å²) in [6.45, 7) is 2.95. The summed E-state index contributed by atoms with van der Waals surface area (Å²) in [4.78, 5) is 23.5. The van der Waals surface area contributed by atoms with E-state index in [0.29, 0.717) is 25.9 Å². The highest BCUT2D eigenvalue weighted by molar-refractivity contribution is 5.85. The zero-order valence-electron chi connectivity index (χ0n) is 10.3. The lowest BCUT2D eigenvalue weighted by Crippen LogP contribution is -2.50. The molecule has 0 aliphatic carbocycles. The number of hydrogen-bond donors (Lipinski definition) is 0. The second kappa shape index (κ2) is 5.80. The maximum absolute atomic E-state index is 13.9. The Balaban J connectivity index is 2.87. The van der Waals surface area contributed by atoms with Crippen molar-refractivity contribution >= 4 is 11.9 Å². The van der Waals surface area contributed by atoms with Gasteiger partial charge in [0.25, 0.3) is 5.91 Å². The predicted octanol–water partition coefficient (Wildman–Crippen LogP) is 1.20. The fourth-order valence-corrected chi connectivity index (χ4v) is 1.73. The number of amides is 1. The number of carbonyl (C=O) groups excluding carboxylic acids is 2. The number of esters is 1. The summed E-state index contributed by atoms with van der Waals surface area (Å²) in [5.41, 5.74) is 0. The molecule has 0 aromatic rings. The SMILES string of the molecule is CC#CC(OC(C)=O)C(F)(F)C(=O)N1CCCC1. The van der Waals surface area contributed by atoms with Gasteiger partial charge in [-0.2, -0.15) is 8.78 Å². The lowest BCUT2D eigenvalue weighted by molar-refractivity contribution is -0.178. The smallest absolute Gasteiger partial charge is 0.371 e. The fourth-order valence-electron chi connectivity index (χ4n) is 1.73. The molecular formula is C12H15F2NO3. The number of likely N-dealkylation sites (tertiary alicyclic amines) is 1. The molecule has 4 nitrogen and oxygen atoms in total. The van der Waals surface area contributed by atoms with Crippen molar-refractivity contribution in [1.29, 1.82) is 0 Å². The molecule has 0 aromatic heterocycles. The Morgan fingerprint density at radius 2 is 1.89 bits per heavy atom. The monoisotopic (exact) mass is 259 g/mol. The van der Waals surface area contributed by atoms with E-state index in [9.17, 15) is 18.4 Å². The van der Waals surface area contributed by atoms with Gasteiger partial charge in [0.1, 0.15) is 0 Å². The third-order valence-electron chi connectivity index (χ3n) is 2.57. The number of carbonyl (C=O) groups is 2. The van der Waals surface area contributed by atoms with Crippen LogP contribution < -0.4 is 0 Å². The predicted molar refractivity (Wildman–Crippen MR) is 59.8 cm³/mol. The number of hydrogen-bond acceptors (Lipinski definition) is 3. The standard InChI is InChI=1S/C12H15F2NO3/c1-3-6-10(18-9(2)16)12(13,14)11(17)15-7-4-5-8-15/h10H,4-5,7-8H2,1-2H3. The first-order chi connectivity index (χ1) is 8.39. The van der Waals surface area contributed by atoms with Gasteiger partial charge in [-0.25, -0.2) is 0 Å². The first-order valence-electron chi connectivity index (χ1n) is 5.66. The summed E-state index contributed by atoms with van der Waals surface area (Å²) in [6.07, 6.45) is -0.605. The zero-order valence-corrected chi connectivity index (χ0v) is 10.3. The topological polar surface area (TPSA) is 46.6 Å². The molecular weight excluding hydrogens is 244 g/mol. The molecule has 6 heteroatoms. The van der Waals surface area contributed by atoms with E-state index in [1.807, 2.05) is 0 Å². The van der Waals surface area contributed by atoms with E-state index in [4.69, 9.17) is 0 Å². The Morgan fingerprint density at radius 1 is 1.33 bits per heavy atom. The van der Waals surface area contributed by atoms with E-state index in [1.54, 1.807) is 0 Å². The van der Waals surface area contributed by atoms with E-state index >= 15 is 0 Å². The van der Waals surface area contributed by atoms with Gasteiger partial charge >= 0.3 is 11.9 Å². The largest absolute Gasteiger partial charge is 0.442 e. The molecule has 1 rings (SSSR count). The summed E-state index contributed by atoms with van der Waals surface area (Å²) >= 11 is 0. The Hall–Kier alpha value is -1.64. The van der Waals surface area contributed by atoms with Crippen LogP contribution in [0.4, 0.5) is 8.78 Å². The van der Waals surface area contributed by atoms with Crippen LogP contribution in [0.3, 0.4) is 0 Å². The third kappa shape index (κ3) is 3.19. The quantitative estimate of drug-likeness (QED) is 0.565. The van der Waals surface area contributed by atoms with Crippen LogP contribution in [0.25, 0.3) is 0 Å². The van der Waals surface area contributed by atoms with E-state index in [0.717, 1.165) is 11.8 Å². The molecule has 1 saturated heterocycles. The first-order valence-corrected chi connectivity index (χ1v) is 5.66. The van der Waals surface area contributed by atoms with E-state index in [-0.39, 0.29) is 0 Å². The van der Waals surface area contributed by atoms with Crippen molar-refractivity contribution in [3.8, 4) is 11.8 Å². The molecule has 0 spiro atoms. The van der Waals surface area contributed by atoms with Gasteiger partial charge in [-0.3, -0.25) is 9.59 Å². The fraction of sp³-hybridized carbons (Fsp3) is 0.667. The van der Waals surface area contributed by atoms with Crippen molar-refractivity contribution < 1.29 is 23.1 Å². The van der Waals surface area contributed by atoms with Crippen molar-refractivity contribution in [1.82, 2.24) is 4.90 Å². The van der Waals surface area contributed by atoms with E-state index in [2.05, 4.69) is 16.6 Å². The van der Waals surface area contributed by atoms with Gasteiger partial charge in [0, 0.05) is 20.0 Å². The minimum absolute atomic E-state index is 0.306. The molecule has 0 radical (unpaired) electrons. The highest BCUT2D eigenvalue weighted by atomic mass is 19.3. The van der Waals surface area contributed by atoms with Crippen LogP contribution in [0.1, 0.15) is 26.7 Å². The second-order valence-electron chi connectivity index (χ2n) is 4.01. The summed E-state index contributed by atoms with van der Waals surface area (Å²) in [6, 6.07) is 0. The Kier molecular flexibility index (Phi) is 4.65. The number of halogens is 2. The number of nitrogens with zero attached hydrogens (tertiary/aromatic N) is 1. The van der Waals surface area contributed by atoms with E-state index in [1.165, 1.54) is 6.92 Å². The zero-order chi connectivity index (χ0) is 13.8. The molecule has 1 aliphatic rings. The van der Waals surface area contributed by atoms with Crippen LogP contribution in [0.15, 0.2) is 0 Å². The van der Waals surface area contributed by atoms with Crippen molar-refractivity contribution in [2.75, 3.05) is 13.1 Å². The summed E-state index contributed by atoms with van der Waals surface area (Å²) < 4.78 is 32.2. The first kappa shape index (κ1) is 14.4. The normalized spacial score (nSPS) is 16.8. The summed E-state index contributed by atoms with van der Waals surface area (Å²) in [5.74, 6) is -1.71. The Bertz CT molecular complexity index is 392. The lowest BCUT2D eigenvalue weighted by atomic mass is 10.1. The number of ether oxygens (including phenoxy) is 1. The van der Waals surface area contributed by atoms with Gasteiger partial charge in [-0.1, -0.05) is 5.92 Å². The van der Waals surface area contributed by atoms with Crippen LogP contribution in [0, 0.1) is 11.8 Å². The van der Waals surface area contributed by atoms with Crippen molar-refractivity contribution in [3.63, 3.8) is 0 Å². The number of alkyl halides is 2. The van der Waals surface area contributed by atoms with Gasteiger partial charge in [-0.05, 0) is 19.8 Å². The molecule has 1 amide bonds. The minimum Gasteiger partial charge on any atom is -0.442 e. The van der Waals surface area contributed by atoms with Crippen LogP contribution in [-0.2, 0) is 14.3 Å². The molecule has 1 heterocycles. The maximum Gasteiger partial charge on any atom is 0.371 e. The highest BCUT2D eigenvalue weighted by Gasteiger charge is 2.51. The summed E-state index contributed by atoms with van der Waals surface area (Å²) in [5, 5.41) is 0. The van der Waals surface area contributed by atoms with Crippen LogP contribution >= 0.6 is 0 Å². The van der Waals surface area contributed by atoms with Gasteiger partial charge in [0.2, 0.25) is 6.10 Å². The van der Waals surface area contributed by atoms with Crippen LogP contribution in [0.2, 0.25) is 0 Å². The molecule has 0 saturated carbocycles. The molecule has 0 bridgehead atoms. The van der Waals surface area contributed by atoms with Gasteiger partial charge in [-0.15, -0.1) is 5.92 Å². The lowest BCUT2D eigenvalue weighted by Gasteiger charge is -2.26. The van der Waals surface area contributed by atoms with E-state index < -0.39 is 23.9 Å². The van der Waals surface area contributed by atoms with Crippen LogP contribution in [-0.4, -0.2) is 41.9 Å². The molecule has 1 atom stereocenters.